The lowest BCUT2D eigenvalue weighted by Crippen LogP contribution is -2.44. The van der Waals surface area contributed by atoms with Crippen LogP contribution in [0.3, 0.4) is 0 Å². The molecular weight excluding hydrogens is 301 g/mol. The van der Waals surface area contributed by atoms with E-state index in [1.54, 1.807) is 12.1 Å². The maximum atomic E-state index is 13.9. The molecule has 0 aromatic heterocycles. The third-order valence-corrected chi connectivity index (χ3v) is 6.95. The smallest absolute Gasteiger partial charge is 0.127 e. The van der Waals surface area contributed by atoms with E-state index in [-0.39, 0.29) is 5.82 Å². The van der Waals surface area contributed by atoms with Crippen molar-refractivity contribution in [2.24, 2.45) is 0 Å². The molecule has 1 saturated heterocycles. The SMILES string of the molecule is CNC(Cc1ccc(Cl)cc1F)C1SCCSC1C. The van der Waals surface area contributed by atoms with Gasteiger partial charge in [-0.3, -0.25) is 0 Å². The number of rotatable bonds is 4. The first kappa shape index (κ1) is 15.5. The van der Waals surface area contributed by atoms with Crippen molar-refractivity contribution in [3.05, 3.63) is 34.6 Å². The molecule has 2 rings (SSSR count). The van der Waals surface area contributed by atoms with Crippen molar-refractivity contribution in [1.29, 1.82) is 0 Å². The molecule has 0 spiro atoms. The Morgan fingerprint density at radius 3 is 2.79 bits per heavy atom. The highest BCUT2D eigenvalue weighted by atomic mass is 35.5. The fraction of sp³-hybridized carbons (Fsp3) is 0.571. The Morgan fingerprint density at radius 2 is 2.16 bits per heavy atom. The molecule has 0 saturated carbocycles. The molecule has 1 heterocycles. The average molecular weight is 320 g/mol. The van der Waals surface area contributed by atoms with Crippen LogP contribution in [-0.2, 0) is 6.42 Å². The van der Waals surface area contributed by atoms with E-state index in [4.69, 9.17) is 11.6 Å². The Bertz CT molecular complexity index is 430. The minimum absolute atomic E-state index is 0.200. The average Bonchev–Trinajstić information content (AvgIpc) is 2.39. The zero-order chi connectivity index (χ0) is 13.8. The Kier molecular flexibility index (Phi) is 5.87. The minimum Gasteiger partial charge on any atom is -0.316 e. The first-order valence-corrected chi connectivity index (χ1v) is 8.93. The van der Waals surface area contributed by atoms with E-state index in [2.05, 4.69) is 12.2 Å². The van der Waals surface area contributed by atoms with E-state index in [9.17, 15) is 4.39 Å². The Hall–Kier alpha value is 0.1000. The number of hydrogen-bond donors (Lipinski definition) is 1. The molecule has 3 unspecified atom stereocenters. The largest absolute Gasteiger partial charge is 0.316 e. The summed E-state index contributed by atoms with van der Waals surface area (Å²) in [6, 6.07) is 5.26. The molecule has 1 aromatic carbocycles. The second kappa shape index (κ2) is 7.21. The van der Waals surface area contributed by atoms with Gasteiger partial charge in [-0.2, -0.15) is 23.5 Å². The summed E-state index contributed by atoms with van der Waals surface area (Å²) in [5, 5.41) is 4.95. The number of thioether (sulfide) groups is 2. The van der Waals surface area contributed by atoms with Crippen LogP contribution < -0.4 is 5.32 Å². The lowest BCUT2D eigenvalue weighted by atomic mass is 10.0. The Labute approximate surface area is 128 Å². The Balaban J connectivity index is 2.09. The van der Waals surface area contributed by atoms with E-state index >= 15 is 0 Å². The van der Waals surface area contributed by atoms with Gasteiger partial charge in [-0.25, -0.2) is 4.39 Å². The molecule has 5 heteroatoms. The van der Waals surface area contributed by atoms with Gasteiger partial charge in [0.15, 0.2) is 0 Å². The zero-order valence-corrected chi connectivity index (χ0v) is 13.5. The second-order valence-electron chi connectivity index (χ2n) is 4.75. The van der Waals surface area contributed by atoms with Crippen LogP contribution in [0.1, 0.15) is 12.5 Å². The molecule has 1 aliphatic rings. The van der Waals surface area contributed by atoms with Gasteiger partial charge in [0.25, 0.3) is 0 Å². The molecule has 1 fully saturated rings. The van der Waals surface area contributed by atoms with Crippen molar-refractivity contribution < 1.29 is 4.39 Å². The molecule has 0 aliphatic carbocycles. The zero-order valence-electron chi connectivity index (χ0n) is 11.2. The highest BCUT2D eigenvalue weighted by Gasteiger charge is 2.30. The molecule has 3 atom stereocenters. The predicted molar refractivity (Wildman–Crippen MR) is 86.1 cm³/mol. The number of nitrogens with one attached hydrogen (secondary N) is 1. The summed E-state index contributed by atoms with van der Waals surface area (Å²) in [6.07, 6.45) is 0.710. The van der Waals surface area contributed by atoms with Crippen LogP contribution in [0.25, 0.3) is 0 Å². The molecule has 0 amide bonds. The van der Waals surface area contributed by atoms with Gasteiger partial charge in [0.2, 0.25) is 0 Å². The van der Waals surface area contributed by atoms with Crippen LogP contribution in [-0.4, -0.2) is 35.1 Å². The third-order valence-electron chi connectivity index (χ3n) is 3.46. The van der Waals surface area contributed by atoms with E-state index < -0.39 is 0 Å². The molecular formula is C14H19ClFNS2. The molecule has 106 valence electrons. The molecule has 0 radical (unpaired) electrons. The van der Waals surface area contributed by atoms with Crippen LogP contribution in [0.15, 0.2) is 18.2 Å². The quantitative estimate of drug-likeness (QED) is 0.905. The maximum absolute atomic E-state index is 13.9. The maximum Gasteiger partial charge on any atom is 0.127 e. The number of hydrogen-bond acceptors (Lipinski definition) is 3. The van der Waals surface area contributed by atoms with E-state index in [0.29, 0.717) is 28.0 Å². The second-order valence-corrected chi connectivity index (χ2v) is 7.95. The number of halogens is 2. The normalized spacial score (nSPS) is 25.3. The lowest BCUT2D eigenvalue weighted by Gasteiger charge is -2.34. The lowest BCUT2D eigenvalue weighted by molar-refractivity contribution is 0.513. The number of benzene rings is 1. The summed E-state index contributed by atoms with van der Waals surface area (Å²) in [4.78, 5) is 0. The van der Waals surface area contributed by atoms with Gasteiger partial charge >= 0.3 is 0 Å². The van der Waals surface area contributed by atoms with Gasteiger partial charge in [0, 0.05) is 33.1 Å². The molecule has 19 heavy (non-hydrogen) atoms. The monoisotopic (exact) mass is 319 g/mol. The van der Waals surface area contributed by atoms with Crippen molar-refractivity contribution in [3.8, 4) is 0 Å². The summed E-state index contributed by atoms with van der Waals surface area (Å²) >= 11 is 9.81. The molecule has 1 aliphatic heterocycles. The van der Waals surface area contributed by atoms with Gasteiger partial charge < -0.3 is 5.32 Å². The summed E-state index contributed by atoms with van der Waals surface area (Å²) < 4.78 is 13.9. The first-order valence-electron chi connectivity index (χ1n) is 6.46. The Morgan fingerprint density at radius 1 is 1.42 bits per heavy atom. The molecule has 1 aromatic rings. The van der Waals surface area contributed by atoms with E-state index in [1.807, 2.05) is 30.6 Å². The summed E-state index contributed by atoms with van der Waals surface area (Å²) in [7, 11) is 1.96. The fourth-order valence-corrected chi connectivity index (χ4v) is 5.56. The van der Waals surface area contributed by atoms with Crippen LogP contribution in [0, 0.1) is 5.82 Å². The number of likely N-dealkylation sites (N-methyl/N-ethyl adjacent to an activating group) is 1. The predicted octanol–water partition coefficient (Wildman–Crippen LogP) is 3.85. The molecule has 0 bridgehead atoms. The van der Waals surface area contributed by atoms with Crippen LogP contribution >= 0.6 is 35.1 Å². The van der Waals surface area contributed by atoms with Crippen molar-refractivity contribution in [1.82, 2.24) is 5.32 Å². The van der Waals surface area contributed by atoms with Gasteiger partial charge in [-0.15, -0.1) is 0 Å². The standard InChI is InChI=1S/C14H19ClFNS2/c1-9-14(19-6-5-18-9)13(17-2)7-10-3-4-11(15)8-12(10)16/h3-4,8-9,13-14,17H,5-7H2,1-2H3. The minimum atomic E-state index is -0.200. The molecule has 1 N–H and O–H groups in total. The van der Waals surface area contributed by atoms with Gasteiger partial charge in [0.1, 0.15) is 5.82 Å². The van der Waals surface area contributed by atoms with Crippen LogP contribution in [0.4, 0.5) is 4.39 Å². The first-order chi connectivity index (χ1) is 9.11. The fourth-order valence-electron chi connectivity index (χ4n) is 2.40. The topological polar surface area (TPSA) is 12.0 Å². The summed E-state index contributed by atoms with van der Waals surface area (Å²) in [6.45, 7) is 2.27. The molecule has 1 nitrogen and oxygen atoms in total. The van der Waals surface area contributed by atoms with Crippen molar-refractivity contribution in [2.45, 2.75) is 29.9 Å². The van der Waals surface area contributed by atoms with Crippen molar-refractivity contribution in [2.75, 3.05) is 18.6 Å². The summed E-state index contributed by atoms with van der Waals surface area (Å²) in [5.41, 5.74) is 0.743. The van der Waals surface area contributed by atoms with Crippen LogP contribution in [0.5, 0.6) is 0 Å². The highest BCUT2D eigenvalue weighted by Crippen LogP contribution is 2.34. The van der Waals surface area contributed by atoms with Gasteiger partial charge in [-0.1, -0.05) is 24.6 Å². The summed E-state index contributed by atoms with van der Waals surface area (Å²) in [5.74, 6) is 2.20. The van der Waals surface area contributed by atoms with Crippen molar-refractivity contribution >= 4 is 35.1 Å². The van der Waals surface area contributed by atoms with Crippen LogP contribution in [0.2, 0.25) is 5.02 Å². The van der Waals surface area contributed by atoms with Crippen molar-refractivity contribution in [3.63, 3.8) is 0 Å². The van der Waals surface area contributed by atoms with Gasteiger partial charge in [0.05, 0.1) is 0 Å². The highest BCUT2D eigenvalue weighted by molar-refractivity contribution is 8.07. The van der Waals surface area contributed by atoms with E-state index in [1.165, 1.54) is 17.6 Å². The third kappa shape index (κ3) is 4.03. The van der Waals surface area contributed by atoms with E-state index in [0.717, 1.165) is 5.56 Å². The van der Waals surface area contributed by atoms with Gasteiger partial charge in [-0.05, 0) is 31.2 Å².